The van der Waals surface area contributed by atoms with Gasteiger partial charge in [0.2, 0.25) is 0 Å². The first-order valence-electron chi connectivity index (χ1n) is 6.76. The molecule has 2 aliphatic rings. The first-order chi connectivity index (χ1) is 7.27. The highest BCUT2D eigenvalue weighted by Crippen LogP contribution is 2.44. The quantitative estimate of drug-likeness (QED) is 0.603. The number of nitrogens with one attached hydrogen (secondary N) is 1. The van der Waals surface area contributed by atoms with Crippen molar-refractivity contribution in [3.05, 3.63) is 0 Å². The lowest BCUT2D eigenvalue weighted by Gasteiger charge is -2.17. The Morgan fingerprint density at radius 3 is 2.20 bits per heavy atom. The highest BCUT2D eigenvalue weighted by molar-refractivity contribution is 4.96. The van der Waals surface area contributed by atoms with Crippen molar-refractivity contribution in [1.82, 2.24) is 5.32 Å². The van der Waals surface area contributed by atoms with Crippen LogP contribution in [0, 0.1) is 11.8 Å². The van der Waals surface area contributed by atoms with Gasteiger partial charge in [-0.05, 0) is 63.8 Å². The molecule has 2 nitrogen and oxygen atoms in total. The topological polar surface area (TPSA) is 38.0 Å². The number of hydrogen-bond donors (Lipinski definition) is 2. The smallest absolute Gasteiger partial charge is 0.0124 e. The zero-order valence-corrected chi connectivity index (χ0v) is 10.0. The molecule has 0 aromatic heterocycles. The van der Waals surface area contributed by atoms with Gasteiger partial charge in [0.25, 0.3) is 0 Å². The second-order valence-electron chi connectivity index (χ2n) is 5.63. The van der Waals surface area contributed by atoms with Crippen LogP contribution in [0.5, 0.6) is 0 Å². The molecular formula is C13H26N2. The number of unbranched alkanes of at least 4 members (excludes halogenated alkanes) is 1. The fourth-order valence-electron chi connectivity index (χ4n) is 2.49. The zero-order chi connectivity index (χ0) is 10.7. The van der Waals surface area contributed by atoms with E-state index in [0.717, 1.165) is 17.9 Å². The van der Waals surface area contributed by atoms with Gasteiger partial charge in [-0.25, -0.2) is 0 Å². The van der Waals surface area contributed by atoms with Crippen molar-refractivity contribution >= 4 is 0 Å². The Bertz CT molecular complexity index is 171. The lowest BCUT2D eigenvalue weighted by Crippen LogP contribution is -2.33. The van der Waals surface area contributed by atoms with E-state index < -0.39 is 0 Å². The van der Waals surface area contributed by atoms with Crippen LogP contribution in [-0.2, 0) is 0 Å². The van der Waals surface area contributed by atoms with Gasteiger partial charge in [-0.3, -0.25) is 0 Å². The molecule has 0 amide bonds. The van der Waals surface area contributed by atoms with Crippen molar-refractivity contribution in [3.8, 4) is 0 Å². The van der Waals surface area contributed by atoms with Crippen LogP contribution in [0.2, 0.25) is 0 Å². The molecule has 2 rings (SSSR count). The fourth-order valence-corrected chi connectivity index (χ4v) is 2.49. The van der Waals surface area contributed by atoms with Gasteiger partial charge in [0.05, 0.1) is 0 Å². The molecule has 1 atom stereocenters. The Kier molecular flexibility index (Phi) is 4.04. The van der Waals surface area contributed by atoms with Crippen molar-refractivity contribution < 1.29 is 0 Å². The minimum Gasteiger partial charge on any atom is -0.328 e. The third kappa shape index (κ3) is 4.12. The maximum atomic E-state index is 5.73. The maximum Gasteiger partial charge on any atom is 0.0124 e. The minimum absolute atomic E-state index is 0.382. The fraction of sp³-hybridized carbons (Fsp3) is 1.00. The summed E-state index contributed by atoms with van der Waals surface area (Å²) in [7, 11) is 0. The van der Waals surface area contributed by atoms with E-state index in [1.165, 1.54) is 51.5 Å². The molecule has 3 N–H and O–H groups in total. The molecule has 0 spiro atoms. The van der Waals surface area contributed by atoms with Gasteiger partial charge < -0.3 is 11.1 Å². The highest BCUT2D eigenvalue weighted by atomic mass is 14.9. The maximum absolute atomic E-state index is 5.73. The van der Waals surface area contributed by atoms with Crippen LogP contribution in [0.15, 0.2) is 0 Å². The average molecular weight is 210 g/mol. The predicted molar refractivity (Wildman–Crippen MR) is 64.7 cm³/mol. The largest absolute Gasteiger partial charge is 0.328 e. The van der Waals surface area contributed by atoms with Gasteiger partial charge in [0.15, 0.2) is 0 Å². The molecule has 88 valence electrons. The standard InChI is InChI=1S/C13H26N2/c1-10(14)4-2-3-9-15-13(11-5-6-11)12-7-8-12/h10-13,15H,2-9,14H2,1H3. The Morgan fingerprint density at radius 2 is 1.73 bits per heavy atom. The molecule has 2 saturated carbocycles. The van der Waals surface area contributed by atoms with Crippen LogP contribution in [0.3, 0.4) is 0 Å². The Balaban J connectivity index is 1.51. The van der Waals surface area contributed by atoms with Crippen LogP contribution < -0.4 is 11.1 Å². The average Bonchev–Trinajstić information content (AvgIpc) is 3.00. The molecule has 1 unspecified atom stereocenters. The van der Waals surface area contributed by atoms with E-state index in [-0.39, 0.29) is 0 Å². The van der Waals surface area contributed by atoms with Gasteiger partial charge >= 0.3 is 0 Å². The molecule has 2 aliphatic carbocycles. The first kappa shape index (κ1) is 11.4. The van der Waals surface area contributed by atoms with Crippen molar-refractivity contribution in [2.75, 3.05) is 6.54 Å². The second kappa shape index (κ2) is 5.31. The molecule has 0 aromatic rings. The summed E-state index contributed by atoms with van der Waals surface area (Å²) in [6.45, 7) is 3.31. The molecule has 15 heavy (non-hydrogen) atoms. The van der Waals surface area contributed by atoms with Gasteiger partial charge in [0, 0.05) is 12.1 Å². The monoisotopic (exact) mass is 210 g/mol. The lowest BCUT2D eigenvalue weighted by atomic mass is 10.1. The number of rotatable bonds is 8. The summed E-state index contributed by atoms with van der Waals surface area (Å²) < 4.78 is 0. The molecule has 0 aromatic carbocycles. The number of hydrogen-bond acceptors (Lipinski definition) is 2. The van der Waals surface area contributed by atoms with E-state index in [9.17, 15) is 0 Å². The molecular weight excluding hydrogens is 184 g/mol. The first-order valence-corrected chi connectivity index (χ1v) is 6.76. The minimum atomic E-state index is 0.382. The molecule has 0 bridgehead atoms. The van der Waals surface area contributed by atoms with Crippen LogP contribution in [0.25, 0.3) is 0 Å². The summed E-state index contributed by atoms with van der Waals surface area (Å²) in [5.41, 5.74) is 5.73. The molecule has 2 fully saturated rings. The van der Waals surface area contributed by atoms with Crippen molar-refractivity contribution in [1.29, 1.82) is 0 Å². The molecule has 0 heterocycles. The SMILES string of the molecule is CC(N)CCCCNC(C1CC1)C1CC1. The third-order valence-corrected chi connectivity index (χ3v) is 3.73. The molecule has 0 radical (unpaired) electrons. The Hall–Kier alpha value is -0.0800. The summed E-state index contributed by atoms with van der Waals surface area (Å²) in [5.74, 6) is 2.07. The van der Waals surface area contributed by atoms with E-state index in [4.69, 9.17) is 5.73 Å². The van der Waals surface area contributed by atoms with Crippen molar-refractivity contribution in [3.63, 3.8) is 0 Å². The summed E-state index contributed by atoms with van der Waals surface area (Å²) >= 11 is 0. The van der Waals surface area contributed by atoms with Crippen molar-refractivity contribution in [2.24, 2.45) is 17.6 Å². The van der Waals surface area contributed by atoms with E-state index >= 15 is 0 Å². The molecule has 2 heteroatoms. The van der Waals surface area contributed by atoms with Gasteiger partial charge in [-0.1, -0.05) is 6.42 Å². The van der Waals surface area contributed by atoms with Crippen LogP contribution in [0.4, 0.5) is 0 Å². The normalized spacial score (nSPS) is 23.4. The summed E-state index contributed by atoms with van der Waals surface area (Å²) in [6.07, 6.45) is 9.69. The van der Waals surface area contributed by atoms with Crippen LogP contribution in [0.1, 0.15) is 51.9 Å². The van der Waals surface area contributed by atoms with E-state index in [2.05, 4.69) is 12.2 Å². The third-order valence-electron chi connectivity index (χ3n) is 3.73. The second-order valence-corrected chi connectivity index (χ2v) is 5.63. The van der Waals surface area contributed by atoms with E-state index in [1.807, 2.05) is 0 Å². The zero-order valence-electron chi connectivity index (χ0n) is 10.0. The van der Waals surface area contributed by atoms with Crippen LogP contribution >= 0.6 is 0 Å². The van der Waals surface area contributed by atoms with Crippen molar-refractivity contribution in [2.45, 2.75) is 64.0 Å². The van der Waals surface area contributed by atoms with E-state index in [1.54, 1.807) is 0 Å². The molecule has 0 saturated heterocycles. The number of nitrogens with two attached hydrogens (primary N) is 1. The summed E-state index contributed by atoms with van der Waals surface area (Å²) in [4.78, 5) is 0. The summed E-state index contributed by atoms with van der Waals surface area (Å²) in [5, 5.41) is 3.78. The lowest BCUT2D eigenvalue weighted by molar-refractivity contribution is 0.408. The summed E-state index contributed by atoms with van der Waals surface area (Å²) in [6, 6.07) is 1.26. The molecule has 0 aliphatic heterocycles. The van der Waals surface area contributed by atoms with E-state index in [0.29, 0.717) is 6.04 Å². The highest BCUT2D eigenvalue weighted by Gasteiger charge is 2.40. The van der Waals surface area contributed by atoms with Gasteiger partial charge in [0.1, 0.15) is 0 Å². The Morgan fingerprint density at radius 1 is 1.13 bits per heavy atom. The van der Waals surface area contributed by atoms with Gasteiger partial charge in [-0.2, -0.15) is 0 Å². The van der Waals surface area contributed by atoms with Crippen LogP contribution in [-0.4, -0.2) is 18.6 Å². The van der Waals surface area contributed by atoms with Gasteiger partial charge in [-0.15, -0.1) is 0 Å². The Labute approximate surface area is 94.0 Å². The predicted octanol–water partition coefficient (Wildman–Crippen LogP) is 2.28.